The fraction of sp³-hybridized carbons (Fsp3) is 0. The first kappa shape index (κ1) is 19.3. The smallest absolute Gasteiger partial charge is 0.135 e. The number of hydrogen-bond donors (Lipinski definition) is 0. The molecule has 0 radical (unpaired) electrons. The molecule has 0 saturated carbocycles. The number of rotatable bonds is 3. The number of hydrogen-bond acceptors (Lipinski definition) is 2. The van der Waals surface area contributed by atoms with Crippen molar-refractivity contribution in [2.45, 2.75) is 0 Å². The summed E-state index contributed by atoms with van der Waals surface area (Å²) in [5.41, 5.74) is 3.45. The number of fused-ring (bicyclic) bond motifs is 4. The summed E-state index contributed by atoms with van der Waals surface area (Å²) in [7, 11) is 0. The highest BCUT2D eigenvalue weighted by Gasteiger charge is 2.13. The molecular weight excluding hydrogens is 432 g/mol. The molecule has 34 heavy (non-hydrogen) atoms. The lowest BCUT2D eigenvalue weighted by Crippen LogP contribution is -1.83. The Kier molecular flexibility index (Phi) is 4.39. The number of furan rings is 1. The molecule has 0 bridgehead atoms. The zero-order valence-electron chi connectivity index (χ0n) is 18.4. The van der Waals surface area contributed by atoms with Gasteiger partial charge in [0, 0.05) is 20.7 Å². The monoisotopic (exact) mass is 452 g/mol. The van der Waals surface area contributed by atoms with Crippen LogP contribution in [0.15, 0.2) is 126 Å². The largest absolute Gasteiger partial charge is 0.456 e. The van der Waals surface area contributed by atoms with Crippen LogP contribution in [0.2, 0.25) is 0 Å². The fourth-order valence-electron chi connectivity index (χ4n) is 4.82. The lowest BCUT2D eigenvalue weighted by Gasteiger charge is -2.09. The number of thiophene rings is 1. The van der Waals surface area contributed by atoms with Crippen molar-refractivity contribution in [2.75, 3.05) is 0 Å². The van der Waals surface area contributed by atoms with E-state index in [9.17, 15) is 0 Å². The molecule has 1 nitrogen and oxygen atoms in total. The van der Waals surface area contributed by atoms with Gasteiger partial charge in [0.1, 0.15) is 11.5 Å². The highest BCUT2D eigenvalue weighted by molar-refractivity contribution is 7.22. The summed E-state index contributed by atoms with van der Waals surface area (Å²) in [6, 6.07) is 43.0. The summed E-state index contributed by atoms with van der Waals surface area (Å²) < 4.78 is 7.73. The summed E-state index contributed by atoms with van der Waals surface area (Å²) in [4.78, 5) is 1.29. The van der Waals surface area contributed by atoms with Crippen molar-refractivity contribution < 1.29 is 4.42 Å². The molecule has 0 saturated heterocycles. The molecule has 2 heterocycles. The summed E-state index contributed by atoms with van der Waals surface area (Å²) in [5.74, 6) is 1.78. The Morgan fingerprint density at radius 1 is 0.471 bits per heavy atom. The Morgan fingerprint density at radius 3 is 1.94 bits per heavy atom. The van der Waals surface area contributed by atoms with E-state index in [-0.39, 0.29) is 0 Å². The molecular formula is C32H20OS. The van der Waals surface area contributed by atoms with Gasteiger partial charge in [-0.15, -0.1) is 11.3 Å². The van der Waals surface area contributed by atoms with Crippen molar-refractivity contribution in [3.63, 3.8) is 0 Å². The predicted molar refractivity (Wildman–Crippen MR) is 145 cm³/mol. The molecule has 0 spiro atoms. The van der Waals surface area contributed by atoms with Crippen LogP contribution < -0.4 is 0 Å². The van der Waals surface area contributed by atoms with Crippen molar-refractivity contribution in [3.05, 3.63) is 121 Å². The van der Waals surface area contributed by atoms with Crippen molar-refractivity contribution in [1.82, 2.24) is 0 Å². The third kappa shape index (κ3) is 3.15. The Hall–Kier alpha value is -4.14. The van der Waals surface area contributed by atoms with Crippen LogP contribution in [0, 0.1) is 0 Å². The molecule has 5 aromatic carbocycles. The van der Waals surface area contributed by atoms with Crippen LogP contribution in [0.1, 0.15) is 0 Å². The Bertz CT molecular complexity index is 1770. The van der Waals surface area contributed by atoms with Crippen LogP contribution >= 0.6 is 11.3 Å². The highest BCUT2D eigenvalue weighted by Crippen LogP contribution is 2.38. The molecule has 0 atom stereocenters. The van der Waals surface area contributed by atoms with Crippen LogP contribution in [0.25, 0.3) is 64.7 Å². The first-order valence-electron chi connectivity index (χ1n) is 11.4. The van der Waals surface area contributed by atoms with E-state index in [4.69, 9.17) is 4.42 Å². The van der Waals surface area contributed by atoms with E-state index >= 15 is 0 Å². The van der Waals surface area contributed by atoms with E-state index in [0.29, 0.717) is 0 Å². The van der Waals surface area contributed by atoms with Crippen molar-refractivity contribution >= 4 is 43.0 Å². The lowest BCUT2D eigenvalue weighted by molar-refractivity contribution is 0.598. The summed E-state index contributed by atoms with van der Waals surface area (Å²) >= 11 is 1.83. The highest BCUT2D eigenvalue weighted by atomic mass is 32.1. The van der Waals surface area contributed by atoms with Crippen LogP contribution in [-0.4, -0.2) is 0 Å². The third-order valence-electron chi connectivity index (χ3n) is 6.52. The quantitative estimate of drug-likeness (QED) is 0.243. The lowest BCUT2D eigenvalue weighted by atomic mass is 9.96. The van der Waals surface area contributed by atoms with Gasteiger partial charge in [0.15, 0.2) is 0 Å². The Labute approximate surface area is 201 Å². The van der Waals surface area contributed by atoms with Gasteiger partial charge in [-0.3, -0.25) is 0 Å². The standard InChI is InChI=1S/C32H20OS/c1-3-9-25-23(7-1)19-28(27-11-5-4-10-26(25)27)30-18-17-29(33-30)21-13-15-22(16-14-21)32-20-24-8-2-6-12-31(24)34-32/h1-20H. The van der Waals surface area contributed by atoms with Gasteiger partial charge in [0.2, 0.25) is 0 Å². The maximum Gasteiger partial charge on any atom is 0.135 e. The van der Waals surface area contributed by atoms with E-state index in [0.717, 1.165) is 22.6 Å². The van der Waals surface area contributed by atoms with Crippen LogP contribution in [0.4, 0.5) is 0 Å². The molecule has 0 aliphatic heterocycles. The molecule has 160 valence electrons. The number of benzene rings is 5. The maximum atomic E-state index is 6.41. The van der Waals surface area contributed by atoms with Gasteiger partial charge in [0.05, 0.1) is 0 Å². The van der Waals surface area contributed by atoms with E-state index in [1.807, 2.05) is 11.3 Å². The van der Waals surface area contributed by atoms with E-state index in [1.165, 1.54) is 42.1 Å². The summed E-state index contributed by atoms with van der Waals surface area (Å²) in [6.07, 6.45) is 0. The van der Waals surface area contributed by atoms with E-state index in [1.54, 1.807) is 0 Å². The molecule has 0 unspecified atom stereocenters. The molecule has 2 heteroatoms. The van der Waals surface area contributed by atoms with Crippen molar-refractivity contribution in [1.29, 1.82) is 0 Å². The Balaban J connectivity index is 1.28. The second kappa shape index (κ2) is 7.72. The molecule has 0 fully saturated rings. The van der Waals surface area contributed by atoms with Gasteiger partial charge in [0.25, 0.3) is 0 Å². The fourth-order valence-corrected chi connectivity index (χ4v) is 5.89. The van der Waals surface area contributed by atoms with Gasteiger partial charge in [-0.25, -0.2) is 0 Å². The van der Waals surface area contributed by atoms with Crippen LogP contribution in [-0.2, 0) is 0 Å². The van der Waals surface area contributed by atoms with Gasteiger partial charge in [-0.05, 0) is 62.8 Å². The van der Waals surface area contributed by atoms with E-state index in [2.05, 4.69) is 121 Å². The van der Waals surface area contributed by atoms with Crippen LogP contribution in [0.5, 0.6) is 0 Å². The molecule has 7 aromatic rings. The normalized spacial score (nSPS) is 11.5. The average molecular weight is 453 g/mol. The van der Waals surface area contributed by atoms with Crippen molar-refractivity contribution in [2.24, 2.45) is 0 Å². The minimum Gasteiger partial charge on any atom is -0.456 e. The van der Waals surface area contributed by atoms with Gasteiger partial charge in [-0.2, -0.15) is 0 Å². The molecule has 0 aliphatic rings. The topological polar surface area (TPSA) is 13.1 Å². The Morgan fingerprint density at radius 2 is 1.12 bits per heavy atom. The van der Waals surface area contributed by atoms with Crippen molar-refractivity contribution in [3.8, 4) is 33.1 Å². The minimum absolute atomic E-state index is 0.884. The average Bonchev–Trinajstić information content (AvgIpc) is 3.56. The second-order valence-corrected chi connectivity index (χ2v) is 9.66. The predicted octanol–water partition coefficient (Wildman–Crippen LogP) is 9.80. The third-order valence-corrected chi connectivity index (χ3v) is 7.68. The minimum atomic E-state index is 0.884. The van der Waals surface area contributed by atoms with Gasteiger partial charge < -0.3 is 4.42 Å². The molecule has 2 aromatic heterocycles. The van der Waals surface area contributed by atoms with Gasteiger partial charge in [-0.1, -0.05) is 91.0 Å². The molecule has 0 amide bonds. The zero-order chi connectivity index (χ0) is 22.5. The SMILES string of the molecule is c1ccc2sc(-c3ccc(-c4ccc(-c5cc6ccccc6c6ccccc56)o4)cc3)cc2c1. The van der Waals surface area contributed by atoms with Crippen LogP contribution in [0.3, 0.4) is 0 Å². The van der Waals surface area contributed by atoms with Gasteiger partial charge >= 0.3 is 0 Å². The first-order chi connectivity index (χ1) is 16.8. The maximum absolute atomic E-state index is 6.41. The zero-order valence-corrected chi connectivity index (χ0v) is 19.2. The van der Waals surface area contributed by atoms with E-state index < -0.39 is 0 Å². The first-order valence-corrected chi connectivity index (χ1v) is 12.3. The molecule has 0 aliphatic carbocycles. The summed E-state index contributed by atoms with van der Waals surface area (Å²) in [5, 5.41) is 6.25. The second-order valence-electron chi connectivity index (χ2n) is 8.58. The summed E-state index contributed by atoms with van der Waals surface area (Å²) in [6.45, 7) is 0. The molecule has 7 rings (SSSR count). The molecule has 0 N–H and O–H groups in total.